The standard InChI is InChI=1S/C13H17N5O2/c1-3-20-12(19)9-8-18-11(4-6-14-13(18)16-9)10-5-7-15-17(10)2/h5,7-8,11H,3-4,6H2,1-2H3,(H,14,16). The summed E-state index contributed by atoms with van der Waals surface area (Å²) >= 11 is 0. The number of imidazole rings is 1. The second-order valence-electron chi connectivity index (χ2n) is 4.69. The number of carbonyl (C=O) groups excluding carboxylic acids is 1. The minimum atomic E-state index is -0.389. The smallest absolute Gasteiger partial charge is 0.358 e. The van der Waals surface area contributed by atoms with Crippen LogP contribution in [-0.4, -0.2) is 38.5 Å². The van der Waals surface area contributed by atoms with Gasteiger partial charge in [-0.25, -0.2) is 9.78 Å². The lowest BCUT2D eigenvalue weighted by molar-refractivity contribution is 0.0520. The Bertz CT molecular complexity index is 630. The van der Waals surface area contributed by atoms with Crippen molar-refractivity contribution in [3.8, 4) is 0 Å². The van der Waals surface area contributed by atoms with Crippen LogP contribution in [0, 0.1) is 0 Å². The van der Waals surface area contributed by atoms with Gasteiger partial charge in [0.2, 0.25) is 5.95 Å². The molecule has 1 aliphatic rings. The Hall–Kier alpha value is -2.31. The molecule has 0 bridgehead atoms. The lowest BCUT2D eigenvalue weighted by atomic mass is 10.1. The van der Waals surface area contributed by atoms with E-state index in [-0.39, 0.29) is 12.0 Å². The predicted octanol–water partition coefficient (Wildman–Crippen LogP) is 1.20. The molecule has 0 saturated carbocycles. The van der Waals surface area contributed by atoms with Crippen molar-refractivity contribution in [2.75, 3.05) is 18.5 Å². The quantitative estimate of drug-likeness (QED) is 0.852. The highest BCUT2D eigenvalue weighted by molar-refractivity contribution is 5.87. The number of aryl methyl sites for hydroxylation is 1. The third-order valence-corrected chi connectivity index (χ3v) is 3.45. The summed E-state index contributed by atoms with van der Waals surface area (Å²) < 4.78 is 8.83. The molecule has 0 amide bonds. The molecule has 2 aromatic heterocycles. The van der Waals surface area contributed by atoms with Gasteiger partial charge in [-0.15, -0.1) is 0 Å². The first-order chi connectivity index (χ1) is 9.70. The number of hydrogen-bond donors (Lipinski definition) is 1. The molecule has 1 atom stereocenters. The summed E-state index contributed by atoms with van der Waals surface area (Å²) in [6, 6.07) is 2.12. The highest BCUT2D eigenvalue weighted by Gasteiger charge is 2.26. The van der Waals surface area contributed by atoms with Crippen LogP contribution in [0.25, 0.3) is 0 Å². The Morgan fingerprint density at radius 1 is 1.60 bits per heavy atom. The molecule has 1 N–H and O–H groups in total. The third kappa shape index (κ3) is 2.04. The number of esters is 1. The van der Waals surface area contributed by atoms with Gasteiger partial charge in [-0.1, -0.05) is 0 Å². The van der Waals surface area contributed by atoms with Crippen molar-refractivity contribution >= 4 is 11.9 Å². The second-order valence-corrected chi connectivity index (χ2v) is 4.69. The number of rotatable bonds is 3. The first-order valence-electron chi connectivity index (χ1n) is 6.68. The first-order valence-corrected chi connectivity index (χ1v) is 6.68. The van der Waals surface area contributed by atoms with Crippen LogP contribution in [0.5, 0.6) is 0 Å². The minimum absolute atomic E-state index is 0.134. The molecule has 0 spiro atoms. The van der Waals surface area contributed by atoms with Gasteiger partial charge in [0, 0.05) is 26.0 Å². The Kier molecular flexibility index (Phi) is 3.17. The van der Waals surface area contributed by atoms with E-state index in [2.05, 4.69) is 15.4 Å². The number of aromatic nitrogens is 4. The van der Waals surface area contributed by atoms with Crippen molar-refractivity contribution in [1.82, 2.24) is 19.3 Å². The molecule has 1 aliphatic heterocycles. The maximum Gasteiger partial charge on any atom is 0.358 e. The monoisotopic (exact) mass is 275 g/mol. The largest absolute Gasteiger partial charge is 0.461 e. The fraction of sp³-hybridized carbons (Fsp3) is 0.462. The summed E-state index contributed by atoms with van der Waals surface area (Å²) in [4.78, 5) is 16.1. The van der Waals surface area contributed by atoms with E-state index in [4.69, 9.17) is 4.74 Å². The number of nitrogens with one attached hydrogen (secondary N) is 1. The van der Waals surface area contributed by atoms with E-state index in [1.807, 2.05) is 22.4 Å². The van der Waals surface area contributed by atoms with E-state index in [9.17, 15) is 4.79 Å². The molecular weight excluding hydrogens is 258 g/mol. The molecule has 7 heteroatoms. The van der Waals surface area contributed by atoms with Crippen molar-refractivity contribution < 1.29 is 9.53 Å². The van der Waals surface area contributed by atoms with Crippen LogP contribution >= 0.6 is 0 Å². The van der Waals surface area contributed by atoms with Crippen LogP contribution in [0.1, 0.15) is 35.6 Å². The van der Waals surface area contributed by atoms with Gasteiger partial charge < -0.3 is 14.6 Å². The summed E-state index contributed by atoms with van der Waals surface area (Å²) in [5.74, 6) is 0.311. The molecule has 0 radical (unpaired) electrons. The Morgan fingerprint density at radius 2 is 2.45 bits per heavy atom. The lowest BCUT2D eigenvalue weighted by Crippen LogP contribution is -2.24. The van der Waals surface area contributed by atoms with E-state index in [1.54, 1.807) is 19.3 Å². The topological polar surface area (TPSA) is 74.0 Å². The Morgan fingerprint density at radius 3 is 3.15 bits per heavy atom. The Labute approximate surface area is 116 Å². The van der Waals surface area contributed by atoms with E-state index in [0.29, 0.717) is 18.2 Å². The summed E-state index contributed by atoms with van der Waals surface area (Å²) in [6.45, 7) is 2.94. The normalized spacial score (nSPS) is 17.4. The van der Waals surface area contributed by atoms with Crippen LogP contribution in [0.3, 0.4) is 0 Å². The molecule has 3 heterocycles. The van der Waals surface area contributed by atoms with Gasteiger partial charge in [-0.05, 0) is 19.4 Å². The highest BCUT2D eigenvalue weighted by atomic mass is 16.5. The average molecular weight is 275 g/mol. The zero-order chi connectivity index (χ0) is 14.1. The molecule has 20 heavy (non-hydrogen) atoms. The molecule has 106 valence electrons. The van der Waals surface area contributed by atoms with E-state index in [1.165, 1.54) is 0 Å². The number of nitrogens with zero attached hydrogens (tertiary/aromatic N) is 4. The number of ether oxygens (including phenoxy) is 1. The van der Waals surface area contributed by atoms with E-state index < -0.39 is 0 Å². The molecule has 0 saturated heterocycles. The average Bonchev–Trinajstić information content (AvgIpc) is 3.04. The van der Waals surface area contributed by atoms with Gasteiger partial charge in [-0.3, -0.25) is 4.68 Å². The maximum atomic E-state index is 11.8. The number of carbonyl (C=O) groups is 1. The van der Waals surface area contributed by atoms with Crippen LogP contribution in [0.4, 0.5) is 5.95 Å². The Balaban J connectivity index is 1.97. The summed E-state index contributed by atoms with van der Waals surface area (Å²) in [5.41, 5.74) is 1.43. The zero-order valence-electron chi connectivity index (χ0n) is 11.5. The molecule has 0 fully saturated rings. The predicted molar refractivity (Wildman–Crippen MR) is 72.6 cm³/mol. The molecule has 0 aliphatic carbocycles. The number of fused-ring (bicyclic) bond motifs is 1. The van der Waals surface area contributed by atoms with Crippen LogP contribution in [-0.2, 0) is 11.8 Å². The molecule has 0 aromatic carbocycles. The van der Waals surface area contributed by atoms with Gasteiger partial charge in [-0.2, -0.15) is 5.10 Å². The van der Waals surface area contributed by atoms with Gasteiger partial charge in [0.25, 0.3) is 0 Å². The third-order valence-electron chi connectivity index (χ3n) is 3.45. The fourth-order valence-electron chi connectivity index (χ4n) is 2.53. The van der Waals surface area contributed by atoms with E-state index in [0.717, 1.165) is 18.7 Å². The van der Waals surface area contributed by atoms with Crippen LogP contribution in [0.15, 0.2) is 18.5 Å². The fourth-order valence-corrected chi connectivity index (χ4v) is 2.53. The van der Waals surface area contributed by atoms with E-state index >= 15 is 0 Å². The molecule has 2 aromatic rings. The van der Waals surface area contributed by atoms with Crippen molar-refractivity contribution in [3.63, 3.8) is 0 Å². The number of hydrogen-bond acceptors (Lipinski definition) is 5. The second kappa shape index (κ2) is 4.99. The summed E-state index contributed by atoms with van der Waals surface area (Å²) in [5, 5.41) is 7.41. The zero-order valence-corrected chi connectivity index (χ0v) is 11.5. The van der Waals surface area contributed by atoms with Gasteiger partial charge in [0.05, 0.1) is 18.3 Å². The van der Waals surface area contributed by atoms with Crippen molar-refractivity contribution in [1.29, 1.82) is 0 Å². The van der Waals surface area contributed by atoms with Crippen LogP contribution < -0.4 is 5.32 Å². The van der Waals surface area contributed by atoms with Crippen molar-refractivity contribution in [2.24, 2.45) is 7.05 Å². The highest BCUT2D eigenvalue weighted by Crippen LogP contribution is 2.29. The molecule has 1 unspecified atom stereocenters. The SMILES string of the molecule is CCOC(=O)c1cn2c(n1)NCCC2c1ccnn1C. The van der Waals surface area contributed by atoms with Crippen molar-refractivity contribution in [2.45, 2.75) is 19.4 Å². The minimum Gasteiger partial charge on any atom is -0.461 e. The summed E-state index contributed by atoms with van der Waals surface area (Å²) in [6.07, 6.45) is 4.45. The van der Waals surface area contributed by atoms with Gasteiger partial charge in [0.1, 0.15) is 0 Å². The summed E-state index contributed by atoms with van der Waals surface area (Å²) in [7, 11) is 1.92. The maximum absolute atomic E-state index is 11.8. The van der Waals surface area contributed by atoms with Gasteiger partial charge >= 0.3 is 5.97 Å². The molecular formula is C13H17N5O2. The molecule has 7 nitrogen and oxygen atoms in total. The van der Waals surface area contributed by atoms with Gasteiger partial charge in [0.15, 0.2) is 5.69 Å². The number of anilines is 1. The van der Waals surface area contributed by atoms with Crippen molar-refractivity contribution in [3.05, 3.63) is 29.8 Å². The first kappa shape index (κ1) is 12.7. The lowest BCUT2D eigenvalue weighted by Gasteiger charge is -2.25. The molecule has 3 rings (SSSR count). The van der Waals surface area contributed by atoms with Crippen LogP contribution in [0.2, 0.25) is 0 Å².